The van der Waals surface area contributed by atoms with Gasteiger partial charge in [0.05, 0.1) is 0 Å². The Morgan fingerprint density at radius 2 is 1.51 bits per heavy atom. The molecular weight excluding hydrogens is 490 g/mol. The first-order valence-corrected chi connectivity index (χ1v) is 14.1. The summed E-state index contributed by atoms with van der Waals surface area (Å²) in [6.45, 7) is 13.8. The summed E-state index contributed by atoms with van der Waals surface area (Å²) >= 11 is 0. The highest BCUT2D eigenvalue weighted by atomic mass is 16.6. The fourth-order valence-electron chi connectivity index (χ4n) is 4.62. The van der Waals surface area contributed by atoms with Crippen molar-refractivity contribution in [2.24, 2.45) is 0 Å². The predicted molar refractivity (Wildman–Crippen MR) is 156 cm³/mol. The quantitative estimate of drug-likeness (QED) is 0.291. The third-order valence-electron chi connectivity index (χ3n) is 6.57. The first-order chi connectivity index (χ1) is 18.4. The average molecular weight is 538 g/mol. The standard InChI is InChI=1S/C32H47N3O4/c1-8-9-10-11-15-21-35(30(37)25(4)34-31(38)39-32(5,6)7)28(27-23(2)17-16-18-24(27)3)29(36)33-22-26-19-13-12-14-20-26/h12-14,16-20,25,28H,8-11,15,21-22H2,1-7H3,(H,33,36)(H,34,38). The first-order valence-electron chi connectivity index (χ1n) is 14.1. The van der Waals surface area contributed by atoms with Crippen molar-refractivity contribution in [3.05, 3.63) is 70.8 Å². The van der Waals surface area contributed by atoms with E-state index < -0.39 is 23.8 Å². The van der Waals surface area contributed by atoms with Gasteiger partial charge in [-0.25, -0.2) is 4.79 Å². The number of nitrogens with one attached hydrogen (secondary N) is 2. The second-order valence-corrected chi connectivity index (χ2v) is 11.2. The molecular formula is C32H47N3O4. The minimum atomic E-state index is -0.871. The summed E-state index contributed by atoms with van der Waals surface area (Å²) in [4.78, 5) is 42.0. The average Bonchev–Trinajstić information content (AvgIpc) is 2.86. The van der Waals surface area contributed by atoms with Gasteiger partial charge in [0.1, 0.15) is 17.7 Å². The van der Waals surface area contributed by atoms with Gasteiger partial charge in [-0.05, 0) is 70.2 Å². The SMILES string of the molecule is CCCCCCCN(C(=O)C(C)NC(=O)OC(C)(C)C)C(C(=O)NCc1ccccc1)c1c(C)cccc1C. The Balaban J connectivity index is 2.42. The molecule has 0 fully saturated rings. The van der Waals surface area contributed by atoms with E-state index in [0.29, 0.717) is 13.1 Å². The van der Waals surface area contributed by atoms with Crippen molar-refractivity contribution in [2.45, 2.75) is 105 Å². The van der Waals surface area contributed by atoms with Crippen LogP contribution in [0.3, 0.4) is 0 Å². The summed E-state index contributed by atoms with van der Waals surface area (Å²) < 4.78 is 5.38. The summed E-state index contributed by atoms with van der Waals surface area (Å²) in [6, 6.07) is 13.9. The molecule has 2 atom stereocenters. The van der Waals surface area contributed by atoms with Crippen molar-refractivity contribution in [2.75, 3.05) is 6.54 Å². The molecule has 214 valence electrons. The van der Waals surface area contributed by atoms with Gasteiger partial charge in [0.2, 0.25) is 11.8 Å². The Bertz CT molecular complexity index is 1060. The van der Waals surface area contributed by atoms with Crippen LogP contribution in [0, 0.1) is 13.8 Å². The van der Waals surface area contributed by atoms with Crippen molar-refractivity contribution in [3.8, 4) is 0 Å². The molecule has 0 heterocycles. The topological polar surface area (TPSA) is 87.7 Å². The van der Waals surface area contributed by atoms with Crippen molar-refractivity contribution < 1.29 is 19.1 Å². The van der Waals surface area contributed by atoms with Crippen LogP contribution < -0.4 is 10.6 Å². The number of nitrogens with zero attached hydrogens (tertiary/aromatic N) is 1. The third kappa shape index (κ3) is 10.4. The first kappa shape index (κ1) is 31.9. The van der Waals surface area contributed by atoms with Gasteiger partial charge in [-0.3, -0.25) is 9.59 Å². The number of carbonyl (C=O) groups excluding carboxylic acids is 3. The lowest BCUT2D eigenvalue weighted by molar-refractivity contribution is -0.142. The number of carbonyl (C=O) groups is 3. The number of ether oxygens (including phenoxy) is 1. The second kappa shape index (κ2) is 15.3. The molecule has 39 heavy (non-hydrogen) atoms. The lowest BCUT2D eigenvalue weighted by Crippen LogP contribution is -2.52. The van der Waals surface area contributed by atoms with E-state index in [1.165, 1.54) is 0 Å². The maximum absolute atomic E-state index is 14.0. The fraction of sp³-hybridized carbons (Fsp3) is 0.531. The van der Waals surface area contributed by atoms with Crippen LogP contribution in [-0.4, -0.2) is 41.0 Å². The molecule has 0 spiro atoms. The van der Waals surface area contributed by atoms with Gasteiger partial charge in [-0.15, -0.1) is 0 Å². The number of aryl methyl sites for hydroxylation is 2. The van der Waals surface area contributed by atoms with Gasteiger partial charge in [-0.1, -0.05) is 81.1 Å². The van der Waals surface area contributed by atoms with E-state index in [0.717, 1.165) is 54.4 Å². The normalized spacial score (nSPS) is 12.8. The molecule has 0 saturated carbocycles. The molecule has 2 rings (SSSR count). The maximum atomic E-state index is 14.0. The van der Waals surface area contributed by atoms with Gasteiger partial charge in [-0.2, -0.15) is 0 Å². The molecule has 0 aliphatic heterocycles. The zero-order valence-corrected chi connectivity index (χ0v) is 24.8. The maximum Gasteiger partial charge on any atom is 0.408 e. The van der Waals surface area contributed by atoms with Gasteiger partial charge in [0.25, 0.3) is 0 Å². The van der Waals surface area contributed by atoms with Crippen LogP contribution in [0.15, 0.2) is 48.5 Å². The lowest BCUT2D eigenvalue weighted by atomic mass is 9.93. The Labute approximate surface area is 234 Å². The molecule has 2 aromatic carbocycles. The molecule has 2 N–H and O–H groups in total. The number of unbranched alkanes of at least 4 members (excludes halogenated alkanes) is 4. The molecule has 0 aliphatic rings. The van der Waals surface area contributed by atoms with E-state index in [-0.39, 0.29) is 11.8 Å². The lowest BCUT2D eigenvalue weighted by Gasteiger charge is -2.35. The van der Waals surface area contributed by atoms with Crippen LogP contribution in [0.1, 0.15) is 95.0 Å². The monoisotopic (exact) mass is 537 g/mol. The van der Waals surface area contributed by atoms with Gasteiger partial charge < -0.3 is 20.3 Å². The van der Waals surface area contributed by atoms with E-state index in [4.69, 9.17) is 4.74 Å². The molecule has 3 amide bonds. The Morgan fingerprint density at radius 3 is 2.10 bits per heavy atom. The molecule has 2 unspecified atom stereocenters. The number of hydrogen-bond acceptors (Lipinski definition) is 4. The van der Waals surface area contributed by atoms with E-state index in [1.807, 2.05) is 62.4 Å². The number of alkyl carbamates (subject to hydrolysis) is 1. The molecule has 0 radical (unpaired) electrons. The van der Waals surface area contributed by atoms with E-state index in [2.05, 4.69) is 17.6 Å². The van der Waals surface area contributed by atoms with Gasteiger partial charge in [0.15, 0.2) is 0 Å². The molecule has 7 nitrogen and oxygen atoms in total. The minimum Gasteiger partial charge on any atom is -0.444 e. The molecule has 7 heteroatoms. The number of amides is 3. The van der Waals surface area contributed by atoms with Crippen LogP contribution in [0.5, 0.6) is 0 Å². The van der Waals surface area contributed by atoms with E-state index >= 15 is 0 Å². The highest BCUT2D eigenvalue weighted by Crippen LogP contribution is 2.29. The van der Waals surface area contributed by atoms with Crippen LogP contribution in [-0.2, 0) is 20.9 Å². The van der Waals surface area contributed by atoms with Crippen molar-refractivity contribution in [3.63, 3.8) is 0 Å². The Morgan fingerprint density at radius 1 is 0.897 bits per heavy atom. The summed E-state index contributed by atoms with van der Waals surface area (Å²) in [5.41, 5.74) is 2.97. The zero-order chi connectivity index (χ0) is 29.0. The number of benzene rings is 2. The number of hydrogen-bond donors (Lipinski definition) is 2. The molecule has 0 bridgehead atoms. The molecule has 0 aliphatic carbocycles. The summed E-state index contributed by atoms with van der Waals surface area (Å²) in [7, 11) is 0. The Hall–Kier alpha value is -3.35. The van der Waals surface area contributed by atoms with Crippen LogP contribution in [0.2, 0.25) is 0 Å². The number of rotatable bonds is 13. The molecule has 0 saturated heterocycles. The second-order valence-electron chi connectivity index (χ2n) is 11.2. The Kier molecular flexibility index (Phi) is 12.5. The predicted octanol–water partition coefficient (Wildman–Crippen LogP) is 6.37. The molecule has 2 aromatic rings. The van der Waals surface area contributed by atoms with Crippen LogP contribution in [0.25, 0.3) is 0 Å². The van der Waals surface area contributed by atoms with E-state index in [9.17, 15) is 14.4 Å². The van der Waals surface area contributed by atoms with Crippen LogP contribution in [0.4, 0.5) is 4.79 Å². The summed E-state index contributed by atoms with van der Waals surface area (Å²) in [5, 5.41) is 5.74. The minimum absolute atomic E-state index is 0.248. The van der Waals surface area contributed by atoms with Gasteiger partial charge >= 0.3 is 6.09 Å². The van der Waals surface area contributed by atoms with Gasteiger partial charge in [0, 0.05) is 13.1 Å². The molecule has 0 aromatic heterocycles. The largest absolute Gasteiger partial charge is 0.444 e. The fourth-order valence-corrected chi connectivity index (χ4v) is 4.62. The summed E-state index contributed by atoms with van der Waals surface area (Å²) in [5.74, 6) is -0.568. The van der Waals surface area contributed by atoms with Crippen molar-refractivity contribution in [1.82, 2.24) is 15.5 Å². The van der Waals surface area contributed by atoms with Crippen molar-refractivity contribution in [1.29, 1.82) is 0 Å². The smallest absolute Gasteiger partial charge is 0.408 e. The highest BCUT2D eigenvalue weighted by Gasteiger charge is 2.36. The zero-order valence-electron chi connectivity index (χ0n) is 24.8. The third-order valence-corrected chi connectivity index (χ3v) is 6.57. The van der Waals surface area contributed by atoms with Crippen molar-refractivity contribution >= 4 is 17.9 Å². The van der Waals surface area contributed by atoms with Crippen LogP contribution >= 0.6 is 0 Å². The highest BCUT2D eigenvalue weighted by molar-refractivity contribution is 5.92. The summed E-state index contributed by atoms with van der Waals surface area (Å²) in [6.07, 6.45) is 4.37. The van der Waals surface area contributed by atoms with E-state index in [1.54, 1.807) is 32.6 Å².